The van der Waals surface area contributed by atoms with Crippen LogP contribution in [-0.2, 0) is 21.9 Å². The quantitative estimate of drug-likeness (QED) is 0.221. The van der Waals surface area contributed by atoms with Crippen molar-refractivity contribution in [3.8, 4) is 0 Å². The zero-order valence-electron chi connectivity index (χ0n) is 16.5. The van der Waals surface area contributed by atoms with Gasteiger partial charge in [-0.3, -0.25) is 4.79 Å². The smallest absolute Gasteiger partial charge is 1.00 e. The number of hydrogen-bond donors (Lipinski definition) is 1. The SMILES string of the molecule is CCCCCCCC/C=C\CCCCCCCC(=O)O.[Fe].[H-].[H-].[Mg+2]. The van der Waals surface area contributed by atoms with Gasteiger partial charge >= 0.3 is 29.0 Å². The topological polar surface area (TPSA) is 37.3 Å². The van der Waals surface area contributed by atoms with Crippen LogP contribution in [0.4, 0.5) is 0 Å². The van der Waals surface area contributed by atoms with Crippen LogP contribution >= 0.6 is 0 Å². The summed E-state index contributed by atoms with van der Waals surface area (Å²) in [6.45, 7) is 2.26. The van der Waals surface area contributed by atoms with Gasteiger partial charge in [0.1, 0.15) is 0 Å². The van der Waals surface area contributed by atoms with Gasteiger partial charge in [0.2, 0.25) is 0 Å². The minimum absolute atomic E-state index is 0. The Morgan fingerprint density at radius 1 is 0.818 bits per heavy atom. The molecular weight excluding hydrogens is 328 g/mol. The average Bonchev–Trinajstić information content (AvgIpc) is 2.43. The molecule has 0 radical (unpaired) electrons. The van der Waals surface area contributed by atoms with Crippen LogP contribution in [0, 0.1) is 0 Å². The molecule has 0 saturated heterocycles. The molecule has 1 N–H and O–H groups in total. The molecule has 0 rings (SSSR count). The van der Waals surface area contributed by atoms with Crippen molar-refractivity contribution in [2.75, 3.05) is 0 Å². The summed E-state index contributed by atoms with van der Waals surface area (Å²) in [6.07, 6.45) is 21.2. The maximum Gasteiger partial charge on any atom is 2.00 e. The van der Waals surface area contributed by atoms with Crippen LogP contribution in [0.25, 0.3) is 0 Å². The Balaban J connectivity index is -0.000000301. The molecule has 0 aliphatic heterocycles. The first kappa shape index (κ1) is 27.3. The van der Waals surface area contributed by atoms with Gasteiger partial charge in [-0.25, -0.2) is 0 Å². The molecule has 22 heavy (non-hydrogen) atoms. The third-order valence-corrected chi connectivity index (χ3v) is 3.65. The Morgan fingerprint density at radius 2 is 1.23 bits per heavy atom. The number of hydrogen-bond acceptors (Lipinski definition) is 1. The Morgan fingerprint density at radius 3 is 1.68 bits per heavy atom. The van der Waals surface area contributed by atoms with Gasteiger partial charge in [0.15, 0.2) is 0 Å². The predicted molar refractivity (Wildman–Crippen MR) is 95.1 cm³/mol. The van der Waals surface area contributed by atoms with Gasteiger partial charge in [-0.1, -0.05) is 70.4 Å². The van der Waals surface area contributed by atoms with Crippen LogP contribution in [0.15, 0.2) is 12.2 Å². The third kappa shape index (κ3) is 25.4. The van der Waals surface area contributed by atoms with E-state index in [4.69, 9.17) is 5.11 Å². The van der Waals surface area contributed by atoms with Crippen LogP contribution in [0.2, 0.25) is 0 Å². The number of aliphatic carboxylic acids is 1. The number of unbranched alkanes of at least 4 members (excludes halogenated alkanes) is 11. The first-order chi connectivity index (χ1) is 9.77. The molecule has 0 amide bonds. The Kier molecular flexibility index (Phi) is 29.5. The second-order valence-electron chi connectivity index (χ2n) is 5.73. The van der Waals surface area contributed by atoms with E-state index in [1.165, 1.54) is 70.6 Å². The summed E-state index contributed by atoms with van der Waals surface area (Å²) in [5.74, 6) is -0.664. The molecule has 0 fully saturated rings. The van der Waals surface area contributed by atoms with Gasteiger partial charge < -0.3 is 7.96 Å². The van der Waals surface area contributed by atoms with Crippen LogP contribution in [0.1, 0.15) is 99.7 Å². The van der Waals surface area contributed by atoms with Crippen molar-refractivity contribution in [2.24, 2.45) is 0 Å². The van der Waals surface area contributed by atoms with Crippen LogP contribution in [0.3, 0.4) is 0 Å². The van der Waals surface area contributed by atoms with Crippen molar-refractivity contribution in [1.29, 1.82) is 0 Å². The monoisotopic (exact) mass is 364 g/mol. The molecule has 0 aliphatic carbocycles. The van der Waals surface area contributed by atoms with Gasteiger partial charge in [-0.05, 0) is 32.1 Å². The Bertz CT molecular complexity index is 255. The molecule has 130 valence electrons. The van der Waals surface area contributed by atoms with Crippen molar-refractivity contribution in [1.82, 2.24) is 0 Å². The number of carbonyl (C=O) groups is 1. The second-order valence-corrected chi connectivity index (χ2v) is 5.73. The average molecular weight is 365 g/mol. The van der Waals surface area contributed by atoms with Crippen molar-refractivity contribution in [2.45, 2.75) is 96.8 Å². The maximum atomic E-state index is 10.3. The molecular formula is C18H36FeMgO2. The molecule has 0 heterocycles. The van der Waals surface area contributed by atoms with Gasteiger partial charge in [-0.2, -0.15) is 0 Å². The molecule has 0 bridgehead atoms. The Hall–Kier alpha value is 0.496. The molecule has 0 atom stereocenters. The normalized spacial score (nSPS) is 10.2. The molecule has 2 nitrogen and oxygen atoms in total. The first-order valence-electron chi connectivity index (χ1n) is 8.64. The van der Waals surface area contributed by atoms with Gasteiger partial charge in [-0.15, -0.1) is 0 Å². The third-order valence-electron chi connectivity index (χ3n) is 3.65. The van der Waals surface area contributed by atoms with E-state index in [0.717, 1.165) is 12.8 Å². The van der Waals surface area contributed by atoms with E-state index in [1.807, 2.05) is 0 Å². The molecule has 0 aromatic rings. The summed E-state index contributed by atoms with van der Waals surface area (Å²) in [5, 5.41) is 8.51. The van der Waals surface area contributed by atoms with E-state index in [1.54, 1.807) is 0 Å². The zero-order valence-corrected chi connectivity index (χ0v) is 17.0. The summed E-state index contributed by atoms with van der Waals surface area (Å²) in [4.78, 5) is 10.3. The first-order valence-corrected chi connectivity index (χ1v) is 8.64. The van der Waals surface area contributed by atoms with Crippen molar-refractivity contribution < 1.29 is 29.8 Å². The Labute approximate surface area is 167 Å². The fourth-order valence-electron chi connectivity index (χ4n) is 2.35. The standard InChI is InChI=1S/C18H34O2.Fe.Mg.2H/c1-2-3-4-5-6-7-8-9-10-11-12-13-14-15-16-17-18(19)20;;;;/h9-10H,2-8,11-17H2,1H3,(H,19,20);;;;/q;;+2;2*-1/b10-9-;;;;. The summed E-state index contributed by atoms with van der Waals surface area (Å²) >= 11 is 0. The minimum Gasteiger partial charge on any atom is -1.00 e. The molecule has 0 aliphatic rings. The van der Waals surface area contributed by atoms with Crippen molar-refractivity contribution >= 4 is 29.0 Å². The van der Waals surface area contributed by atoms with Gasteiger partial charge in [0, 0.05) is 23.5 Å². The molecule has 4 heteroatoms. The summed E-state index contributed by atoms with van der Waals surface area (Å²) in [5.41, 5.74) is 0. The largest absolute Gasteiger partial charge is 2.00 e. The molecule has 0 unspecified atom stereocenters. The second kappa shape index (κ2) is 23.8. The van der Waals surface area contributed by atoms with E-state index in [2.05, 4.69) is 19.1 Å². The molecule has 0 aromatic heterocycles. The number of carboxylic acid groups (broad SMARTS) is 1. The van der Waals surface area contributed by atoms with Gasteiger partial charge in [0.05, 0.1) is 0 Å². The van der Waals surface area contributed by atoms with Crippen molar-refractivity contribution in [3.05, 3.63) is 12.2 Å². The predicted octanol–water partition coefficient (Wildman–Crippen LogP) is 5.95. The fourth-order valence-corrected chi connectivity index (χ4v) is 2.35. The minimum atomic E-state index is -0.664. The molecule has 0 spiro atoms. The number of allylic oxidation sites excluding steroid dienone is 2. The summed E-state index contributed by atoms with van der Waals surface area (Å²) in [7, 11) is 0. The fraction of sp³-hybridized carbons (Fsp3) is 0.833. The maximum absolute atomic E-state index is 10.3. The summed E-state index contributed by atoms with van der Waals surface area (Å²) in [6, 6.07) is 0. The van der Waals surface area contributed by atoms with Crippen LogP contribution in [-0.4, -0.2) is 34.1 Å². The number of rotatable bonds is 15. The van der Waals surface area contributed by atoms with Crippen LogP contribution in [0.5, 0.6) is 0 Å². The van der Waals surface area contributed by atoms with E-state index in [-0.39, 0.29) is 43.0 Å². The summed E-state index contributed by atoms with van der Waals surface area (Å²) < 4.78 is 0. The molecule has 0 saturated carbocycles. The van der Waals surface area contributed by atoms with Gasteiger partial charge in [0.25, 0.3) is 0 Å². The number of carboxylic acids is 1. The van der Waals surface area contributed by atoms with Crippen molar-refractivity contribution in [3.63, 3.8) is 0 Å². The van der Waals surface area contributed by atoms with E-state index in [0.29, 0.717) is 6.42 Å². The van der Waals surface area contributed by atoms with E-state index < -0.39 is 5.97 Å². The van der Waals surface area contributed by atoms with Crippen LogP contribution < -0.4 is 0 Å². The zero-order chi connectivity index (χ0) is 14.9. The van der Waals surface area contributed by atoms with E-state index >= 15 is 0 Å². The molecule has 0 aromatic carbocycles. The van der Waals surface area contributed by atoms with E-state index in [9.17, 15) is 4.79 Å².